The molecule has 1 saturated heterocycles. The number of nitrogens with one attached hydrogen (secondary N) is 1. The molecule has 2 rings (SSSR count). The first kappa shape index (κ1) is 7.76. The van der Waals surface area contributed by atoms with Crippen LogP contribution in [-0.4, -0.2) is 24.9 Å². The van der Waals surface area contributed by atoms with Gasteiger partial charge in [-0.1, -0.05) is 5.16 Å². The predicted molar refractivity (Wildman–Crippen MR) is 42.8 cm³/mol. The van der Waals surface area contributed by atoms with Crippen molar-refractivity contribution in [3.63, 3.8) is 0 Å². The molecule has 4 heteroatoms. The van der Waals surface area contributed by atoms with E-state index in [2.05, 4.69) is 10.5 Å². The van der Waals surface area contributed by atoms with Gasteiger partial charge in [-0.25, -0.2) is 0 Å². The maximum atomic E-state index is 5.31. The number of morpholine rings is 1. The summed E-state index contributed by atoms with van der Waals surface area (Å²) >= 11 is 0. The van der Waals surface area contributed by atoms with Crippen molar-refractivity contribution in [1.29, 1.82) is 0 Å². The van der Waals surface area contributed by atoms with E-state index < -0.39 is 0 Å². The van der Waals surface area contributed by atoms with Crippen LogP contribution in [0.3, 0.4) is 0 Å². The monoisotopic (exact) mass is 168 g/mol. The van der Waals surface area contributed by atoms with Crippen molar-refractivity contribution in [3.05, 3.63) is 17.5 Å². The van der Waals surface area contributed by atoms with Crippen molar-refractivity contribution >= 4 is 0 Å². The van der Waals surface area contributed by atoms with Gasteiger partial charge in [0.2, 0.25) is 0 Å². The Morgan fingerprint density at radius 3 is 3.17 bits per heavy atom. The average molecular weight is 168 g/mol. The molecule has 0 saturated carbocycles. The summed E-state index contributed by atoms with van der Waals surface area (Å²) in [5, 5.41) is 7.03. The number of rotatable bonds is 1. The van der Waals surface area contributed by atoms with E-state index in [-0.39, 0.29) is 6.04 Å². The fourth-order valence-electron chi connectivity index (χ4n) is 1.37. The predicted octanol–water partition coefficient (Wildman–Crippen LogP) is 0.644. The molecule has 0 amide bonds. The number of ether oxygens (including phenoxy) is 1. The van der Waals surface area contributed by atoms with Crippen LogP contribution < -0.4 is 5.32 Å². The lowest BCUT2D eigenvalue weighted by molar-refractivity contribution is 0.0674. The molecule has 1 aromatic rings. The summed E-state index contributed by atoms with van der Waals surface area (Å²) in [6.07, 6.45) is 1.73. The van der Waals surface area contributed by atoms with Gasteiger partial charge in [0.15, 0.2) is 5.76 Å². The molecule has 1 fully saturated rings. The average Bonchev–Trinajstić information content (AvgIpc) is 2.53. The molecule has 1 aliphatic rings. The first-order valence-electron chi connectivity index (χ1n) is 4.10. The minimum Gasteiger partial charge on any atom is -0.378 e. The van der Waals surface area contributed by atoms with Crippen LogP contribution in [0.4, 0.5) is 0 Å². The lowest BCUT2D eigenvalue weighted by Crippen LogP contribution is -2.34. The fraction of sp³-hybridized carbons (Fsp3) is 0.625. The summed E-state index contributed by atoms with van der Waals surface area (Å²) < 4.78 is 10.4. The minimum absolute atomic E-state index is 0.182. The molecule has 0 aromatic carbocycles. The Bertz CT molecular complexity index is 253. The molecule has 4 nitrogen and oxygen atoms in total. The van der Waals surface area contributed by atoms with E-state index in [1.165, 1.54) is 0 Å². The molecule has 0 bridgehead atoms. The Morgan fingerprint density at radius 1 is 1.67 bits per heavy atom. The van der Waals surface area contributed by atoms with E-state index >= 15 is 0 Å². The maximum Gasteiger partial charge on any atom is 0.158 e. The maximum absolute atomic E-state index is 5.31. The van der Waals surface area contributed by atoms with Crippen molar-refractivity contribution in [3.8, 4) is 0 Å². The van der Waals surface area contributed by atoms with Crippen LogP contribution in [0.25, 0.3) is 0 Å². The van der Waals surface area contributed by atoms with E-state index in [4.69, 9.17) is 9.26 Å². The van der Waals surface area contributed by atoms with Gasteiger partial charge in [0.25, 0.3) is 0 Å². The molecule has 66 valence electrons. The van der Waals surface area contributed by atoms with Gasteiger partial charge in [0.1, 0.15) is 0 Å². The highest BCUT2D eigenvalue weighted by molar-refractivity contribution is 5.15. The zero-order valence-corrected chi connectivity index (χ0v) is 7.04. The Labute approximate surface area is 70.9 Å². The van der Waals surface area contributed by atoms with Crippen molar-refractivity contribution in [2.24, 2.45) is 0 Å². The number of aromatic nitrogens is 1. The van der Waals surface area contributed by atoms with Gasteiger partial charge >= 0.3 is 0 Å². The zero-order chi connectivity index (χ0) is 8.39. The van der Waals surface area contributed by atoms with Crippen LogP contribution in [-0.2, 0) is 4.74 Å². The topological polar surface area (TPSA) is 47.3 Å². The molecule has 1 unspecified atom stereocenters. The largest absolute Gasteiger partial charge is 0.378 e. The number of hydrogen-bond acceptors (Lipinski definition) is 4. The third-order valence-electron chi connectivity index (χ3n) is 2.02. The normalized spacial score (nSPS) is 24.2. The highest BCUT2D eigenvalue weighted by atomic mass is 16.5. The molecular formula is C8H12N2O2. The number of aryl methyl sites for hydroxylation is 1. The Morgan fingerprint density at radius 2 is 2.58 bits per heavy atom. The molecule has 1 N–H and O–H groups in total. The summed E-state index contributed by atoms with van der Waals surface area (Å²) in [6.45, 7) is 4.33. The van der Waals surface area contributed by atoms with Crippen LogP contribution in [0.15, 0.2) is 10.7 Å². The van der Waals surface area contributed by atoms with Crippen molar-refractivity contribution in [1.82, 2.24) is 10.5 Å². The van der Waals surface area contributed by atoms with Crippen LogP contribution in [0.2, 0.25) is 0 Å². The quantitative estimate of drug-likeness (QED) is 0.668. The summed E-state index contributed by atoms with van der Waals surface area (Å²) in [5.41, 5.74) is 1.08. The molecule has 2 heterocycles. The molecule has 1 aliphatic heterocycles. The lowest BCUT2D eigenvalue weighted by atomic mass is 10.1. The summed E-state index contributed by atoms with van der Waals surface area (Å²) in [6, 6.07) is 0.182. The molecular weight excluding hydrogens is 156 g/mol. The van der Waals surface area contributed by atoms with Crippen molar-refractivity contribution < 1.29 is 9.26 Å². The first-order valence-corrected chi connectivity index (χ1v) is 4.10. The first-order chi connectivity index (χ1) is 5.88. The Balaban J connectivity index is 2.13. The van der Waals surface area contributed by atoms with Gasteiger partial charge in [-0.15, -0.1) is 0 Å². The van der Waals surface area contributed by atoms with E-state index in [1.807, 2.05) is 6.92 Å². The zero-order valence-electron chi connectivity index (χ0n) is 7.04. The third kappa shape index (κ3) is 1.35. The van der Waals surface area contributed by atoms with Gasteiger partial charge in [-0.2, -0.15) is 0 Å². The molecule has 1 aromatic heterocycles. The Kier molecular flexibility index (Phi) is 2.10. The van der Waals surface area contributed by atoms with Crippen LogP contribution in [0.5, 0.6) is 0 Å². The van der Waals surface area contributed by atoms with E-state index in [9.17, 15) is 0 Å². The van der Waals surface area contributed by atoms with Crippen molar-refractivity contribution in [2.75, 3.05) is 19.8 Å². The van der Waals surface area contributed by atoms with Gasteiger partial charge in [-0.3, -0.25) is 0 Å². The SMILES string of the molecule is Cc1cnoc1C1COCCN1. The van der Waals surface area contributed by atoms with Crippen LogP contribution in [0, 0.1) is 6.92 Å². The summed E-state index contributed by atoms with van der Waals surface area (Å²) in [4.78, 5) is 0. The van der Waals surface area contributed by atoms with Gasteiger partial charge in [0.05, 0.1) is 25.5 Å². The molecule has 12 heavy (non-hydrogen) atoms. The van der Waals surface area contributed by atoms with Crippen molar-refractivity contribution in [2.45, 2.75) is 13.0 Å². The standard InChI is InChI=1S/C8H12N2O2/c1-6-4-10-12-8(6)7-5-11-3-2-9-7/h4,7,9H,2-3,5H2,1H3. The lowest BCUT2D eigenvalue weighted by Gasteiger charge is -2.21. The number of hydrogen-bond donors (Lipinski definition) is 1. The van der Waals surface area contributed by atoms with Crippen LogP contribution >= 0.6 is 0 Å². The van der Waals surface area contributed by atoms with E-state index in [1.54, 1.807) is 6.20 Å². The third-order valence-corrected chi connectivity index (χ3v) is 2.02. The van der Waals surface area contributed by atoms with E-state index in [0.717, 1.165) is 24.5 Å². The second-order valence-electron chi connectivity index (χ2n) is 2.95. The smallest absolute Gasteiger partial charge is 0.158 e. The van der Waals surface area contributed by atoms with Gasteiger partial charge < -0.3 is 14.6 Å². The summed E-state index contributed by atoms with van der Waals surface area (Å²) in [7, 11) is 0. The van der Waals surface area contributed by atoms with E-state index in [0.29, 0.717) is 6.61 Å². The Hall–Kier alpha value is -0.870. The summed E-state index contributed by atoms with van der Waals surface area (Å²) in [5.74, 6) is 0.898. The highest BCUT2D eigenvalue weighted by Crippen LogP contribution is 2.18. The highest BCUT2D eigenvalue weighted by Gasteiger charge is 2.20. The molecule has 0 spiro atoms. The molecule has 0 aliphatic carbocycles. The fourth-order valence-corrected chi connectivity index (χ4v) is 1.37. The van der Waals surface area contributed by atoms with Crippen LogP contribution in [0.1, 0.15) is 17.4 Å². The van der Waals surface area contributed by atoms with Gasteiger partial charge in [-0.05, 0) is 6.92 Å². The number of nitrogens with zero attached hydrogens (tertiary/aromatic N) is 1. The molecule has 0 radical (unpaired) electrons. The second-order valence-corrected chi connectivity index (χ2v) is 2.95. The second kappa shape index (κ2) is 3.25. The minimum atomic E-state index is 0.182. The molecule has 1 atom stereocenters. The van der Waals surface area contributed by atoms with Gasteiger partial charge in [0, 0.05) is 12.1 Å².